The van der Waals surface area contributed by atoms with Crippen LogP contribution in [0.2, 0.25) is 0 Å². The van der Waals surface area contributed by atoms with Gasteiger partial charge in [-0.2, -0.15) is 52.7 Å². The summed E-state index contributed by atoms with van der Waals surface area (Å²) >= 11 is 0. The lowest BCUT2D eigenvalue weighted by molar-refractivity contribution is -0.145. The fourth-order valence-corrected chi connectivity index (χ4v) is 6.23. The van der Waals surface area contributed by atoms with E-state index in [0.717, 1.165) is 0 Å². The molecule has 0 saturated carbocycles. The van der Waals surface area contributed by atoms with Gasteiger partial charge in [0.1, 0.15) is 0 Å². The topological polar surface area (TPSA) is 94.3 Å². The molecule has 0 heterocycles. The summed E-state index contributed by atoms with van der Waals surface area (Å²) in [5, 5.41) is 0. The van der Waals surface area contributed by atoms with Gasteiger partial charge in [0.25, 0.3) is 0 Å². The van der Waals surface area contributed by atoms with Crippen molar-refractivity contribution in [1.82, 2.24) is 0 Å². The lowest BCUT2D eigenvalue weighted by Gasteiger charge is -2.16. The molecule has 224 valence electrons. The number of benzene rings is 3. The molecule has 0 radical (unpaired) electrons. The molecule has 0 amide bonds. The van der Waals surface area contributed by atoms with Crippen LogP contribution in [0, 0.1) is 0 Å². The molecule has 0 unspecified atom stereocenters. The van der Waals surface area contributed by atoms with Crippen molar-refractivity contribution in [3.63, 3.8) is 0 Å². The van der Waals surface area contributed by atoms with Gasteiger partial charge in [-0.15, -0.1) is 0 Å². The second kappa shape index (κ2) is 9.81. The van der Waals surface area contributed by atoms with Gasteiger partial charge in [-0.1, -0.05) is 0 Å². The van der Waals surface area contributed by atoms with Gasteiger partial charge in [0.2, 0.25) is 19.7 Å². The highest BCUT2D eigenvalue weighted by Crippen LogP contribution is 2.41. The summed E-state index contributed by atoms with van der Waals surface area (Å²) in [5.41, 5.74) is -3.57. The van der Waals surface area contributed by atoms with Crippen LogP contribution in [0.3, 0.4) is 0 Å². The minimum absolute atomic E-state index is 0.113. The Bertz CT molecular complexity index is 1530. The fourth-order valence-electron chi connectivity index (χ4n) is 3.34. The van der Waals surface area contributed by atoms with Crippen LogP contribution in [-0.4, -0.2) is 16.8 Å². The zero-order valence-electron chi connectivity index (χ0n) is 19.3. The van der Waals surface area contributed by atoms with Crippen LogP contribution in [0.1, 0.15) is 22.3 Å². The number of hydrogen-bond acceptors (Lipinski definition) is 5. The highest BCUT2D eigenvalue weighted by atomic mass is 32.2. The Morgan fingerprint density at radius 2 is 0.610 bits per heavy atom. The molecule has 0 spiro atoms. The Balaban J connectivity index is 2.29. The maximum Gasteiger partial charge on any atom is 0.416 e. The number of anilines is 1. The first-order chi connectivity index (χ1) is 18.2. The van der Waals surface area contributed by atoms with E-state index in [0.29, 0.717) is 12.1 Å². The van der Waals surface area contributed by atoms with Crippen LogP contribution in [-0.2, 0) is 44.4 Å². The number of halogens is 12. The van der Waals surface area contributed by atoms with Crippen molar-refractivity contribution < 1.29 is 69.5 Å². The minimum Gasteiger partial charge on any atom is -0.399 e. The summed E-state index contributed by atoms with van der Waals surface area (Å²) in [6.07, 6.45) is -21.9. The van der Waals surface area contributed by atoms with Crippen molar-refractivity contribution in [3.05, 3.63) is 76.9 Å². The van der Waals surface area contributed by atoms with Crippen LogP contribution in [0.4, 0.5) is 58.4 Å². The van der Waals surface area contributed by atoms with Crippen molar-refractivity contribution in [3.8, 4) is 0 Å². The molecule has 0 fully saturated rings. The predicted molar refractivity (Wildman–Crippen MR) is 115 cm³/mol. The lowest BCUT2D eigenvalue weighted by atomic mass is 10.1. The van der Waals surface area contributed by atoms with E-state index in [9.17, 15) is 69.5 Å². The van der Waals surface area contributed by atoms with Crippen molar-refractivity contribution >= 4 is 25.4 Å². The lowest BCUT2D eigenvalue weighted by Crippen LogP contribution is -2.15. The molecule has 19 heteroatoms. The standard InChI is InChI=1S/C22H11F12NO4S2/c23-19(24,25)10-1-11(20(26,27)28)4-15(3-10)40(36,37)17-7-14(35)8-18(9-17)41(38,39)16-5-12(21(29,30)31)2-13(6-16)22(32,33)34/h1-9H,35H2. The van der Waals surface area contributed by atoms with Crippen LogP contribution >= 0.6 is 0 Å². The Morgan fingerprint density at radius 1 is 0.390 bits per heavy atom. The molecule has 0 aromatic heterocycles. The first kappa shape index (κ1) is 32.0. The number of nitrogens with two attached hydrogens (primary N) is 1. The smallest absolute Gasteiger partial charge is 0.399 e. The monoisotopic (exact) mass is 645 g/mol. The van der Waals surface area contributed by atoms with E-state index in [1.807, 2.05) is 0 Å². The molecule has 0 aliphatic rings. The minimum atomic E-state index is -5.48. The Morgan fingerprint density at radius 3 is 0.829 bits per heavy atom. The molecule has 0 aliphatic heterocycles. The third kappa shape index (κ3) is 6.71. The van der Waals surface area contributed by atoms with Crippen LogP contribution in [0.5, 0.6) is 0 Å². The van der Waals surface area contributed by atoms with Crippen molar-refractivity contribution in [2.24, 2.45) is 0 Å². The average Bonchev–Trinajstić information content (AvgIpc) is 2.80. The summed E-state index contributed by atoms with van der Waals surface area (Å²) in [7, 11) is -10.9. The number of sulfone groups is 2. The first-order valence-electron chi connectivity index (χ1n) is 10.2. The molecule has 3 aromatic carbocycles. The van der Waals surface area contributed by atoms with Gasteiger partial charge in [0.15, 0.2) is 0 Å². The van der Waals surface area contributed by atoms with Gasteiger partial charge in [0.05, 0.1) is 41.8 Å². The highest BCUT2D eigenvalue weighted by molar-refractivity contribution is 7.92. The summed E-state index contributed by atoms with van der Waals surface area (Å²) in [4.78, 5) is -5.89. The van der Waals surface area contributed by atoms with Gasteiger partial charge < -0.3 is 5.73 Å². The van der Waals surface area contributed by atoms with Crippen molar-refractivity contribution in [2.45, 2.75) is 44.3 Å². The molecule has 2 N–H and O–H groups in total. The van der Waals surface area contributed by atoms with Crippen LogP contribution < -0.4 is 5.73 Å². The molecule has 0 aliphatic carbocycles. The van der Waals surface area contributed by atoms with E-state index in [1.54, 1.807) is 0 Å². The van der Waals surface area contributed by atoms with Gasteiger partial charge in [-0.3, -0.25) is 0 Å². The number of rotatable bonds is 4. The molecule has 5 nitrogen and oxygen atoms in total. The van der Waals surface area contributed by atoms with Crippen molar-refractivity contribution in [1.29, 1.82) is 0 Å². The molecule has 41 heavy (non-hydrogen) atoms. The highest BCUT2D eigenvalue weighted by Gasteiger charge is 2.40. The van der Waals surface area contributed by atoms with Crippen LogP contribution in [0.15, 0.2) is 74.2 Å². The quantitative estimate of drug-likeness (QED) is 0.244. The SMILES string of the molecule is Nc1cc(S(=O)(=O)c2cc(C(F)(F)F)cc(C(F)(F)F)c2)cc(S(=O)(=O)c2cc(C(F)(F)F)cc(C(F)(F)F)c2)c1. The third-order valence-corrected chi connectivity index (χ3v) is 8.69. The van der Waals surface area contributed by atoms with Crippen molar-refractivity contribution in [2.75, 3.05) is 5.73 Å². The van der Waals surface area contributed by atoms with E-state index < -0.39 is 91.9 Å². The zero-order chi connectivity index (χ0) is 31.6. The average molecular weight is 645 g/mol. The van der Waals surface area contributed by atoms with E-state index in [1.165, 1.54) is 0 Å². The molecule has 3 rings (SSSR count). The second-order valence-electron chi connectivity index (χ2n) is 8.23. The largest absolute Gasteiger partial charge is 0.416 e. The summed E-state index contributed by atoms with van der Waals surface area (Å²) in [6, 6.07) is -0.601. The Kier molecular flexibility index (Phi) is 7.67. The molecule has 3 aromatic rings. The summed E-state index contributed by atoms with van der Waals surface area (Å²) < 4.78 is 211. The van der Waals surface area contributed by atoms with Crippen LogP contribution in [0.25, 0.3) is 0 Å². The van der Waals surface area contributed by atoms with Gasteiger partial charge in [-0.05, 0) is 54.6 Å². The second-order valence-corrected chi connectivity index (χ2v) is 12.1. The van der Waals surface area contributed by atoms with E-state index in [2.05, 4.69) is 0 Å². The number of alkyl halides is 12. The fraction of sp³-hybridized carbons (Fsp3) is 0.182. The van der Waals surface area contributed by atoms with E-state index >= 15 is 0 Å². The number of nitrogen functional groups attached to an aromatic ring is 1. The summed E-state index contributed by atoms with van der Waals surface area (Å²) in [6.45, 7) is 0. The molecular weight excluding hydrogens is 634 g/mol. The normalized spacial score (nSPS) is 13.9. The van der Waals surface area contributed by atoms with Gasteiger partial charge in [0, 0.05) is 5.69 Å². The predicted octanol–water partition coefficient (Wildman–Crippen LogP) is 7.01. The van der Waals surface area contributed by atoms with E-state index in [4.69, 9.17) is 5.73 Å². The maximum absolute atomic E-state index is 13.2. The molecule has 0 atom stereocenters. The zero-order valence-corrected chi connectivity index (χ0v) is 20.9. The molecule has 0 saturated heterocycles. The van der Waals surface area contributed by atoms with Gasteiger partial charge >= 0.3 is 24.7 Å². The first-order valence-corrected chi connectivity index (χ1v) is 13.2. The summed E-state index contributed by atoms with van der Waals surface area (Å²) in [5.74, 6) is 0. The van der Waals surface area contributed by atoms with Gasteiger partial charge in [-0.25, -0.2) is 16.8 Å². The number of hydrogen-bond donors (Lipinski definition) is 1. The molecular formula is C22H11F12NO4S2. The molecule has 0 bridgehead atoms. The maximum atomic E-state index is 13.2. The third-order valence-electron chi connectivity index (χ3n) is 5.27. The Labute approximate surface area is 222 Å². The van der Waals surface area contributed by atoms with E-state index in [-0.39, 0.29) is 42.5 Å². The Hall–Kier alpha value is -3.48.